The number of para-hydroxylation sites is 1. The molecule has 0 spiro atoms. The third kappa shape index (κ3) is 3.59. The SMILES string of the molecule is Brc1cccc(-c2cccc(-c3cc(-c4ccccc4)c4ccccc4n3)c2)c1. The molecule has 0 atom stereocenters. The van der Waals surface area contributed by atoms with E-state index in [1.165, 1.54) is 27.6 Å². The fourth-order valence-electron chi connectivity index (χ4n) is 3.71. The third-order valence-corrected chi connectivity index (χ3v) is 5.61. The highest BCUT2D eigenvalue weighted by molar-refractivity contribution is 9.10. The zero-order valence-electron chi connectivity index (χ0n) is 15.7. The molecule has 0 N–H and O–H groups in total. The number of benzene rings is 4. The van der Waals surface area contributed by atoms with Gasteiger partial charge in [-0.15, -0.1) is 0 Å². The van der Waals surface area contributed by atoms with E-state index in [9.17, 15) is 0 Å². The number of pyridine rings is 1. The summed E-state index contributed by atoms with van der Waals surface area (Å²) in [5.74, 6) is 0. The van der Waals surface area contributed by atoms with E-state index < -0.39 is 0 Å². The number of aromatic nitrogens is 1. The molecule has 0 aliphatic carbocycles. The molecule has 1 heterocycles. The lowest BCUT2D eigenvalue weighted by molar-refractivity contribution is 1.40. The number of hydrogen-bond donors (Lipinski definition) is 0. The maximum atomic E-state index is 4.97. The molecular formula is C27H18BrN. The van der Waals surface area contributed by atoms with Crippen LogP contribution in [0.3, 0.4) is 0 Å². The van der Waals surface area contributed by atoms with Crippen molar-refractivity contribution in [2.45, 2.75) is 0 Å². The number of hydrogen-bond acceptors (Lipinski definition) is 1. The van der Waals surface area contributed by atoms with Crippen molar-refractivity contribution in [3.05, 3.63) is 114 Å². The number of fused-ring (bicyclic) bond motifs is 1. The summed E-state index contributed by atoms with van der Waals surface area (Å²) in [4.78, 5) is 4.97. The van der Waals surface area contributed by atoms with Crippen LogP contribution >= 0.6 is 15.9 Å². The van der Waals surface area contributed by atoms with Crippen LogP contribution in [-0.4, -0.2) is 4.98 Å². The van der Waals surface area contributed by atoms with Gasteiger partial charge in [-0.2, -0.15) is 0 Å². The van der Waals surface area contributed by atoms with Gasteiger partial charge in [-0.05, 0) is 52.6 Å². The summed E-state index contributed by atoms with van der Waals surface area (Å²) in [6, 6.07) is 38.1. The molecule has 4 aromatic carbocycles. The minimum absolute atomic E-state index is 0.986. The van der Waals surface area contributed by atoms with Crippen LogP contribution in [0.5, 0.6) is 0 Å². The molecule has 0 aliphatic rings. The predicted molar refractivity (Wildman–Crippen MR) is 126 cm³/mol. The Kier molecular flexibility index (Phi) is 4.71. The first-order chi connectivity index (χ1) is 14.3. The highest BCUT2D eigenvalue weighted by atomic mass is 79.9. The van der Waals surface area contributed by atoms with Crippen LogP contribution in [0.4, 0.5) is 0 Å². The van der Waals surface area contributed by atoms with Crippen LogP contribution in [0.2, 0.25) is 0 Å². The summed E-state index contributed by atoms with van der Waals surface area (Å²) in [5, 5.41) is 1.17. The Balaban J connectivity index is 1.69. The third-order valence-electron chi connectivity index (χ3n) is 5.12. The Bertz CT molecular complexity index is 1310. The van der Waals surface area contributed by atoms with Crippen LogP contribution in [0.15, 0.2) is 114 Å². The van der Waals surface area contributed by atoms with Gasteiger partial charge in [0.05, 0.1) is 11.2 Å². The van der Waals surface area contributed by atoms with E-state index in [4.69, 9.17) is 4.98 Å². The normalized spacial score (nSPS) is 10.9. The van der Waals surface area contributed by atoms with Crippen molar-refractivity contribution in [1.29, 1.82) is 0 Å². The quantitative estimate of drug-likeness (QED) is 0.279. The zero-order valence-corrected chi connectivity index (χ0v) is 17.3. The molecule has 1 nitrogen and oxygen atoms in total. The van der Waals surface area contributed by atoms with E-state index in [-0.39, 0.29) is 0 Å². The van der Waals surface area contributed by atoms with Crippen molar-refractivity contribution in [2.24, 2.45) is 0 Å². The Morgan fingerprint density at radius 2 is 1.17 bits per heavy atom. The maximum Gasteiger partial charge on any atom is 0.0716 e. The van der Waals surface area contributed by atoms with Crippen LogP contribution < -0.4 is 0 Å². The van der Waals surface area contributed by atoms with E-state index in [0.29, 0.717) is 0 Å². The lowest BCUT2D eigenvalue weighted by Crippen LogP contribution is -1.90. The molecule has 0 bridgehead atoms. The second-order valence-corrected chi connectivity index (χ2v) is 7.95. The topological polar surface area (TPSA) is 12.9 Å². The fraction of sp³-hybridized carbons (Fsp3) is 0. The predicted octanol–water partition coefficient (Wildman–Crippen LogP) is 8.00. The summed E-state index contributed by atoms with van der Waals surface area (Å²) >= 11 is 3.57. The van der Waals surface area contributed by atoms with Crippen LogP contribution in [0, 0.1) is 0 Å². The standard InChI is InChI=1S/C27H18BrN/c28-23-13-7-11-21(17-23)20-10-6-12-22(16-20)27-18-25(19-8-2-1-3-9-19)24-14-4-5-15-26(24)29-27/h1-18H. The van der Waals surface area contributed by atoms with E-state index in [2.05, 4.69) is 113 Å². The number of rotatable bonds is 3. The molecule has 5 aromatic rings. The Morgan fingerprint density at radius 1 is 0.517 bits per heavy atom. The van der Waals surface area contributed by atoms with Crippen molar-refractivity contribution in [2.75, 3.05) is 0 Å². The van der Waals surface area contributed by atoms with Gasteiger partial charge in [0, 0.05) is 15.4 Å². The van der Waals surface area contributed by atoms with Crippen molar-refractivity contribution >= 4 is 26.8 Å². The molecule has 138 valence electrons. The van der Waals surface area contributed by atoms with Crippen molar-refractivity contribution in [3.63, 3.8) is 0 Å². The van der Waals surface area contributed by atoms with Crippen LogP contribution in [0.1, 0.15) is 0 Å². The van der Waals surface area contributed by atoms with E-state index in [1.807, 2.05) is 12.1 Å². The van der Waals surface area contributed by atoms with E-state index in [1.54, 1.807) is 0 Å². The number of halogens is 1. The van der Waals surface area contributed by atoms with Gasteiger partial charge >= 0.3 is 0 Å². The molecule has 0 saturated heterocycles. The van der Waals surface area contributed by atoms with Gasteiger partial charge in [0.2, 0.25) is 0 Å². The lowest BCUT2D eigenvalue weighted by atomic mass is 9.97. The van der Waals surface area contributed by atoms with Crippen LogP contribution in [0.25, 0.3) is 44.4 Å². The van der Waals surface area contributed by atoms with Gasteiger partial charge in [-0.25, -0.2) is 4.98 Å². The Hall–Kier alpha value is -3.23. The average molecular weight is 436 g/mol. The molecule has 0 saturated carbocycles. The van der Waals surface area contributed by atoms with Gasteiger partial charge in [0.25, 0.3) is 0 Å². The number of nitrogens with zero attached hydrogens (tertiary/aromatic N) is 1. The minimum Gasteiger partial charge on any atom is -0.248 e. The summed E-state index contributed by atoms with van der Waals surface area (Å²) in [5.41, 5.74) is 7.89. The molecule has 0 radical (unpaired) electrons. The highest BCUT2D eigenvalue weighted by Crippen LogP contribution is 2.33. The molecule has 2 heteroatoms. The summed E-state index contributed by atoms with van der Waals surface area (Å²) in [6.45, 7) is 0. The second kappa shape index (κ2) is 7.65. The molecule has 29 heavy (non-hydrogen) atoms. The van der Waals surface area contributed by atoms with Crippen molar-refractivity contribution < 1.29 is 0 Å². The minimum atomic E-state index is 0.986. The van der Waals surface area contributed by atoms with Crippen molar-refractivity contribution in [3.8, 4) is 33.5 Å². The molecule has 5 rings (SSSR count). The van der Waals surface area contributed by atoms with Gasteiger partial charge in [-0.3, -0.25) is 0 Å². The van der Waals surface area contributed by atoms with E-state index in [0.717, 1.165) is 21.2 Å². The average Bonchev–Trinajstić information content (AvgIpc) is 2.79. The summed E-state index contributed by atoms with van der Waals surface area (Å²) in [6.07, 6.45) is 0. The second-order valence-electron chi connectivity index (χ2n) is 7.03. The first kappa shape index (κ1) is 17.8. The molecule has 0 aliphatic heterocycles. The Labute approximate surface area is 178 Å². The maximum absolute atomic E-state index is 4.97. The van der Waals surface area contributed by atoms with E-state index >= 15 is 0 Å². The highest BCUT2D eigenvalue weighted by Gasteiger charge is 2.10. The lowest BCUT2D eigenvalue weighted by Gasteiger charge is -2.11. The molecule has 1 aromatic heterocycles. The first-order valence-corrected chi connectivity index (χ1v) is 10.4. The smallest absolute Gasteiger partial charge is 0.0716 e. The molecule has 0 unspecified atom stereocenters. The zero-order chi connectivity index (χ0) is 19.6. The van der Waals surface area contributed by atoms with Gasteiger partial charge in [0.1, 0.15) is 0 Å². The van der Waals surface area contributed by atoms with Crippen molar-refractivity contribution in [1.82, 2.24) is 4.98 Å². The summed E-state index contributed by atoms with van der Waals surface area (Å²) < 4.78 is 1.08. The summed E-state index contributed by atoms with van der Waals surface area (Å²) in [7, 11) is 0. The molecular weight excluding hydrogens is 418 g/mol. The van der Waals surface area contributed by atoms with Gasteiger partial charge in [0.15, 0.2) is 0 Å². The monoisotopic (exact) mass is 435 g/mol. The largest absolute Gasteiger partial charge is 0.248 e. The van der Waals surface area contributed by atoms with Crippen LogP contribution in [-0.2, 0) is 0 Å². The van der Waals surface area contributed by atoms with Gasteiger partial charge < -0.3 is 0 Å². The molecule has 0 fully saturated rings. The fourth-order valence-corrected chi connectivity index (χ4v) is 4.11. The first-order valence-electron chi connectivity index (χ1n) is 9.59. The molecule has 0 amide bonds. The Morgan fingerprint density at radius 3 is 2.00 bits per heavy atom. The van der Waals surface area contributed by atoms with Gasteiger partial charge in [-0.1, -0.05) is 94.8 Å².